The molecule has 0 radical (unpaired) electrons. The first-order valence-corrected chi connectivity index (χ1v) is 12.7. The van der Waals surface area contributed by atoms with Crippen LogP contribution in [0.4, 0.5) is 0 Å². The van der Waals surface area contributed by atoms with Crippen molar-refractivity contribution in [1.82, 2.24) is 0 Å². The van der Waals surface area contributed by atoms with Gasteiger partial charge in [0.2, 0.25) is 0 Å². The van der Waals surface area contributed by atoms with Gasteiger partial charge in [-0.05, 0) is 97.9 Å². The maximum absolute atomic E-state index is 12.0. The van der Waals surface area contributed by atoms with Crippen LogP contribution in [0.15, 0.2) is 11.6 Å². The predicted molar refractivity (Wildman–Crippen MR) is 121 cm³/mol. The molecule has 7 atom stereocenters. The first kappa shape index (κ1) is 22.5. The van der Waals surface area contributed by atoms with E-state index in [1.807, 2.05) is 19.9 Å². The van der Waals surface area contributed by atoms with Crippen molar-refractivity contribution in [2.75, 3.05) is 0 Å². The molecular weight excluding hydrogens is 372 g/mol. The van der Waals surface area contributed by atoms with Gasteiger partial charge in [0.15, 0.2) is 11.6 Å². The second kappa shape index (κ2) is 7.73. The van der Waals surface area contributed by atoms with Crippen molar-refractivity contribution >= 4 is 5.78 Å². The molecule has 3 nitrogen and oxygen atoms in total. The lowest BCUT2D eigenvalue weighted by Crippen LogP contribution is -2.51. The van der Waals surface area contributed by atoms with Gasteiger partial charge in [0.05, 0.1) is 0 Å². The molecule has 3 fully saturated rings. The summed E-state index contributed by atoms with van der Waals surface area (Å²) in [7, 11) is 0. The highest BCUT2D eigenvalue weighted by Crippen LogP contribution is 2.67. The lowest BCUT2D eigenvalue weighted by atomic mass is 9.46. The molecule has 4 aliphatic carbocycles. The number of hydrogen-bond donors (Lipinski definition) is 2. The SMILES string of the molecule is CC(C)C(O)(O)CC[C@@H](C)[C@H]1CC[C@H]2[C@@H]3CCC4=CC(=O)CC[C@]4(C)[C@H]3CC[C@]12C. The Kier molecular flexibility index (Phi) is 5.80. The van der Waals surface area contributed by atoms with Gasteiger partial charge in [-0.2, -0.15) is 0 Å². The highest BCUT2D eigenvalue weighted by atomic mass is 16.5. The van der Waals surface area contributed by atoms with Crippen molar-refractivity contribution in [2.45, 2.75) is 105 Å². The van der Waals surface area contributed by atoms with Gasteiger partial charge in [-0.15, -0.1) is 0 Å². The maximum atomic E-state index is 12.0. The van der Waals surface area contributed by atoms with Crippen LogP contribution in [0.2, 0.25) is 0 Å². The predicted octanol–water partition coefficient (Wildman–Crippen LogP) is 5.89. The summed E-state index contributed by atoms with van der Waals surface area (Å²) >= 11 is 0. The van der Waals surface area contributed by atoms with E-state index in [-0.39, 0.29) is 11.3 Å². The van der Waals surface area contributed by atoms with Gasteiger partial charge < -0.3 is 10.2 Å². The zero-order chi connectivity index (χ0) is 21.9. The summed E-state index contributed by atoms with van der Waals surface area (Å²) in [4.78, 5) is 12.0. The van der Waals surface area contributed by atoms with Crippen LogP contribution < -0.4 is 0 Å². The quantitative estimate of drug-likeness (QED) is 0.550. The van der Waals surface area contributed by atoms with Crippen molar-refractivity contribution < 1.29 is 15.0 Å². The van der Waals surface area contributed by atoms with E-state index in [1.165, 1.54) is 37.7 Å². The van der Waals surface area contributed by atoms with Gasteiger partial charge in [0.25, 0.3) is 0 Å². The van der Waals surface area contributed by atoms with E-state index in [1.54, 1.807) is 0 Å². The number of hydrogen-bond acceptors (Lipinski definition) is 3. The first-order valence-electron chi connectivity index (χ1n) is 12.7. The molecule has 170 valence electrons. The largest absolute Gasteiger partial charge is 0.365 e. The van der Waals surface area contributed by atoms with Gasteiger partial charge >= 0.3 is 0 Å². The minimum atomic E-state index is -1.54. The molecule has 0 aliphatic heterocycles. The molecule has 4 rings (SSSR count). The van der Waals surface area contributed by atoms with Crippen LogP contribution >= 0.6 is 0 Å². The summed E-state index contributed by atoms with van der Waals surface area (Å²) in [5.41, 5.74) is 2.11. The molecule has 0 saturated heterocycles. The topological polar surface area (TPSA) is 57.5 Å². The Labute approximate surface area is 183 Å². The van der Waals surface area contributed by atoms with Crippen LogP contribution in [0, 0.1) is 46.3 Å². The lowest BCUT2D eigenvalue weighted by molar-refractivity contribution is -0.199. The van der Waals surface area contributed by atoms with Crippen LogP contribution in [-0.2, 0) is 4.79 Å². The van der Waals surface area contributed by atoms with Crippen LogP contribution in [0.3, 0.4) is 0 Å². The molecule has 0 aromatic carbocycles. The lowest BCUT2D eigenvalue weighted by Gasteiger charge is -2.58. The van der Waals surface area contributed by atoms with Crippen LogP contribution in [0.5, 0.6) is 0 Å². The van der Waals surface area contributed by atoms with Gasteiger partial charge in [-0.25, -0.2) is 0 Å². The molecule has 0 aromatic heterocycles. The standard InChI is InChI=1S/C27H44O3/c1-17(2)27(29,30)15-10-18(3)22-8-9-23-21-7-6-19-16-20(28)11-13-25(19,4)24(21)12-14-26(22,23)5/h16-18,21-24,29-30H,6-15H2,1-5H3/t18-,21+,22-,23+,24+,25+,26-/m1/s1. The number of carbonyl (C=O) groups excluding carboxylic acids is 1. The number of fused-ring (bicyclic) bond motifs is 5. The molecule has 2 N–H and O–H groups in total. The Morgan fingerprint density at radius 1 is 1.03 bits per heavy atom. The molecule has 3 heteroatoms. The molecular formula is C27H44O3. The monoisotopic (exact) mass is 416 g/mol. The van der Waals surface area contributed by atoms with Crippen molar-refractivity contribution in [2.24, 2.45) is 46.3 Å². The smallest absolute Gasteiger partial charge is 0.164 e. The fraction of sp³-hybridized carbons (Fsp3) is 0.889. The van der Waals surface area contributed by atoms with E-state index in [0.29, 0.717) is 29.5 Å². The molecule has 3 saturated carbocycles. The molecule has 0 amide bonds. The molecule has 0 aromatic rings. The normalized spacial score (nSPS) is 42.4. The minimum absolute atomic E-state index is 0.125. The molecule has 30 heavy (non-hydrogen) atoms. The number of rotatable bonds is 5. The van der Waals surface area contributed by atoms with E-state index in [9.17, 15) is 15.0 Å². The Bertz CT molecular complexity index is 707. The Hall–Kier alpha value is -0.670. The van der Waals surface area contributed by atoms with Gasteiger partial charge in [-0.1, -0.05) is 40.2 Å². The highest BCUT2D eigenvalue weighted by Gasteiger charge is 2.59. The third-order valence-electron chi connectivity index (χ3n) is 10.6. The fourth-order valence-corrected chi connectivity index (χ4v) is 8.46. The average molecular weight is 417 g/mol. The minimum Gasteiger partial charge on any atom is -0.365 e. The van der Waals surface area contributed by atoms with Crippen molar-refractivity contribution in [3.05, 3.63) is 11.6 Å². The number of carbonyl (C=O) groups is 1. The maximum Gasteiger partial charge on any atom is 0.164 e. The Morgan fingerprint density at radius 3 is 2.47 bits per heavy atom. The molecule has 0 heterocycles. The van der Waals surface area contributed by atoms with Crippen molar-refractivity contribution in [3.63, 3.8) is 0 Å². The Morgan fingerprint density at radius 2 is 1.77 bits per heavy atom. The second-order valence-corrected chi connectivity index (χ2v) is 12.2. The highest BCUT2D eigenvalue weighted by molar-refractivity contribution is 5.91. The molecule has 0 bridgehead atoms. The fourth-order valence-electron chi connectivity index (χ4n) is 8.46. The first-order chi connectivity index (χ1) is 14.0. The van der Waals surface area contributed by atoms with Crippen LogP contribution in [-0.4, -0.2) is 21.8 Å². The summed E-state index contributed by atoms with van der Waals surface area (Å²) in [6.45, 7) is 11.2. The summed E-state index contributed by atoms with van der Waals surface area (Å²) in [6.07, 6.45) is 12.8. The van der Waals surface area contributed by atoms with Crippen molar-refractivity contribution in [3.8, 4) is 0 Å². The number of allylic oxidation sites excluding steroid dienone is 1. The van der Waals surface area contributed by atoms with Crippen molar-refractivity contribution in [1.29, 1.82) is 0 Å². The van der Waals surface area contributed by atoms with Crippen LogP contribution in [0.1, 0.15) is 98.8 Å². The summed E-state index contributed by atoms with van der Waals surface area (Å²) in [5, 5.41) is 20.6. The Balaban J connectivity index is 1.49. The second-order valence-electron chi connectivity index (χ2n) is 12.2. The summed E-state index contributed by atoms with van der Waals surface area (Å²) in [6, 6.07) is 0. The van der Waals surface area contributed by atoms with Gasteiger partial charge in [-0.3, -0.25) is 4.79 Å². The van der Waals surface area contributed by atoms with Gasteiger partial charge in [0, 0.05) is 18.8 Å². The van der Waals surface area contributed by atoms with E-state index < -0.39 is 5.79 Å². The number of aliphatic hydroxyl groups is 2. The zero-order valence-electron chi connectivity index (χ0n) is 19.9. The number of ketones is 1. The zero-order valence-corrected chi connectivity index (χ0v) is 19.9. The molecule has 0 unspecified atom stereocenters. The van der Waals surface area contributed by atoms with E-state index in [4.69, 9.17) is 0 Å². The van der Waals surface area contributed by atoms with E-state index in [2.05, 4.69) is 20.8 Å². The van der Waals surface area contributed by atoms with Gasteiger partial charge in [0.1, 0.15) is 0 Å². The third kappa shape index (κ3) is 3.52. The molecule has 0 spiro atoms. The van der Waals surface area contributed by atoms with E-state index >= 15 is 0 Å². The third-order valence-corrected chi connectivity index (χ3v) is 10.6. The molecule has 4 aliphatic rings. The summed E-state index contributed by atoms with van der Waals surface area (Å²) < 4.78 is 0. The van der Waals surface area contributed by atoms with Crippen LogP contribution in [0.25, 0.3) is 0 Å². The summed E-state index contributed by atoms with van der Waals surface area (Å²) in [5.74, 6) is 2.28. The average Bonchev–Trinajstić information content (AvgIpc) is 3.04. The van der Waals surface area contributed by atoms with E-state index in [0.717, 1.165) is 43.4 Å².